The van der Waals surface area contributed by atoms with Crippen LogP contribution in [-0.2, 0) is 11.8 Å². The molecule has 0 radical (unpaired) electrons. The third kappa shape index (κ3) is 4.28. The van der Waals surface area contributed by atoms with Crippen LogP contribution in [0.15, 0.2) is 42.5 Å². The third-order valence-electron chi connectivity index (χ3n) is 5.27. The number of fused-ring (bicyclic) bond motifs is 1. The van der Waals surface area contributed by atoms with Crippen LogP contribution in [0.25, 0.3) is 10.9 Å². The number of benzene rings is 2. The van der Waals surface area contributed by atoms with E-state index in [2.05, 4.69) is 4.98 Å². The van der Waals surface area contributed by atoms with Crippen LogP contribution in [0.3, 0.4) is 0 Å². The van der Waals surface area contributed by atoms with Gasteiger partial charge in [0.05, 0.1) is 7.11 Å². The molecule has 1 atom stereocenters. The van der Waals surface area contributed by atoms with Crippen molar-refractivity contribution in [3.63, 3.8) is 0 Å². The van der Waals surface area contributed by atoms with E-state index in [4.69, 9.17) is 4.74 Å². The second kappa shape index (κ2) is 7.58. The zero-order chi connectivity index (χ0) is 22.3. The van der Waals surface area contributed by atoms with Gasteiger partial charge in [0.1, 0.15) is 17.4 Å². The lowest BCUT2D eigenvalue weighted by atomic mass is 9.73. The van der Waals surface area contributed by atoms with E-state index >= 15 is 0 Å². The van der Waals surface area contributed by atoms with Crippen molar-refractivity contribution in [3.8, 4) is 5.75 Å². The van der Waals surface area contributed by atoms with Gasteiger partial charge in [0, 0.05) is 28.6 Å². The maximum absolute atomic E-state index is 14.0. The van der Waals surface area contributed by atoms with Crippen LogP contribution in [0.5, 0.6) is 5.75 Å². The predicted molar refractivity (Wildman–Crippen MR) is 104 cm³/mol. The summed E-state index contributed by atoms with van der Waals surface area (Å²) in [4.78, 5) is 2.80. The molecule has 30 heavy (non-hydrogen) atoms. The van der Waals surface area contributed by atoms with Crippen molar-refractivity contribution >= 4 is 10.9 Å². The van der Waals surface area contributed by atoms with Crippen molar-refractivity contribution < 1.29 is 31.8 Å². The van der Waals surface area contributed by atoms with E-state index in [1.54, 1.807) is 0 Å². The van der Waals surface area contributed by atoms with Crippen LogP contribution in [0.1, 0.15) is 31.5 Å². The molecule has 0 aliphatic heterocycles. The fourth-order valence-electron chi connectivity index (χ4n) is 3.87. The first kappa shape index (κ1) is 22.1. The molecule has 0 fully saturated rings. The van der Waals surface area contributed by atoms with Gasteiger partial charge in [-0.3, -0.25) is 0 Å². The molecule has 0 aliphatic carbocycles. The van der Waals surface area contributed by atoms with Crippen molar-refractivity contribution in [2.75, 3.05) is 7.11 Å². The van der Waals surface area contributed by atoms with Crippen molar-refractivity contribution in [1.82, 2.24) is 4.98 Å². The molecule has 0 aliphatic rings. The molecule has 3 rings (SSSR count). The number of nitrogens with one attached hydrogen (secondary N) is 1. The Balaban J connectivity index is 1.99. The van der Waals surface area contributed by atoms with Crippen molar-refractivity contribution in [1.29, 1.82) is 0 Å². The second-order valence-corrected chi connectivity index (χ2v) is 8.14. The van der Waals surface area contributed by atoms with E-state index in [-0.39, 0.29) is 17.0 Å². The fraction of sp³-hybridized carbons (Fsp3) is 0.364. The molecular formula is C22H22F5NO2. The molecule has 2 aromatic carbocycles. The summed E-state index contributed by atoms with van der Waals surface area (Å²) in [6.07, 6.45) is -6.48. The van der Waals surface area contributed by atoms with Gasteiger partial charge in [-0.25, -0.2) is 8.78 Å². The molecule has 1 aromatic heterocycles. The van der Waals surface area contributed by atoms with Crippen LogP contribution in [0.2, 0.25) is 0 Å². The lowest BCUT2D eigenvalue weighted by molar-refractivity contribution is -0.266. The molecule has 3 aromatic rings. The standard InChI is InChI=1S/C22H22F5NO2/c1-20(2,17-10-15(24)5-7-19(17)30-3)12-21(29,22(25,26)27)11-16-9-13-8-14(23)4-6-18(13)28-16/h4-10,28-29H,11-12H2,1-3H3. The third-order valence-corrected chi connectivity index (χ3v) is 5.27. The average Bonchev–Trinajstić information content (AvgIpc) is 3.01. The van der Waals surface area contributed by atoms with Gasteiger partial charge in [-0.2, -0.15) is 13.2 Å². The number of aromatic amines is 1. The lowest BCUT2D eigenvalue weighted by Crippen LogP contribution is -2.51. The lowest BCUT2D eigenvalue weighted by Gasteiger charge is -2.38. The smallest absolute Gasteiger partial charge is 0.417 e. The first-order chi connectivity index (χ1) is 13.8. The first-order valence-electron chi connectivity index (χ1n) is 9.25. The van der Waals surface area contributed by atoms with Crippen molar-refractivity contribution in [3.05, 3.63) is 65.4 Å². The molecule has 162 valence electrons. The number of ether oxygens (including phenoxy) is 1. The van der Waals surface area contributed by atoms with Crippen LogP contribution >= 0.6 is 0 Å². The largest absolute Gasteiger partial charge is 0.496 e. The summed E-state index contributed by atoms with van der Waals surface area (Å²) >= 11 is 0. The Kier molecular flexibility index (Phi) is 5.58. The molecule has 1 heterocycles. The quantitative estimate of drug-likeness (QED) is 0.499. The van der Waals surface area contributed by atoms with Crippen molar-refractivity contribution in [2.24, 2.45) is 0 Å². The molecule has 2 N–H and O–H groups in total. The van der Waals surface area contributed by atoms with Gasteiger partial charge in [0.2, 0.25) is 0 Å². The highest BCUT2D eigenvalue weighted by molar-refractivity contribution is 5.80. The molecular weight excluding hydrogens is 405 g/mol. The van der Waals surface area contributed by atoms with E-state index in [1.165, 1.54) is 51.3 Å². The zero-order valence-electron chi connectivity index (χ0n) is 16.7. The Morgan fingerprint density at radius 3 is 2.23 bits per heavy atom. The van der Waals surface area contributed by atoms with Crippen LogP contribution < -0.4 is 4.74 Å². The van der Waals surface area contributed by atoms with E-state index < -0.39 is 41.7 Å². The van der Waals surface area contributed by atoms with Gasteiger partial charge in [-0.15, -0.1) is 0 Å². The number of rotatable bonds is 6. The summed E-state index contributed by atoms with van der Waals surface area (Å²) in [5, 5.41) is 11.2. The summed E-state index contributed by atoms with van der Waals surface area (Å²) in [6, 6.07) is 8.79. The zero-order valence-corrected chi connectivity index (χ0v) is 16.7. The fourth-order valence-corrected chi connectivity index (χ4v) is 3.87. The van der Waals surface area contributed by atoms with Gasteiger partial charge in [0.15, 0.2) is 5.60 Å². The van der Waals surface area contributed by atoms with Crippen LogP contribution in [0, 0.1) is 11.6 Å². The molecule has 3 nitrogen and oxygen atoms in total. The Labute approximate surface area is 170 Å². The van der Waals surface area contributed by atoms with Gasteiger partial charge >= 0.3 is 6.18 Å². The predicted octanol–water partition coefficient (Wildman–Crippen LogP) is 5.66. The second-order valence-electron chi connectivity index (χ2n) is 8.14. The molecule has 8 heteroatoms. The highest BCUT2D eigenvalue weighted by Gasteiger charge is 2.56. The number of alkyl halides is 3. The Hall–Kier alpha value is -2.61. The minimum absolute atomic E-state index is 0.109. The molecule has 0 saturated heterocycles. The van der Waals surface area contributed by atoms with E-state index in [0.29, 0.717) is 10.9 Å². The Morgan fingerprint density at radius 2 is 1.60 bits per heavy atom. The van der Waals surface area contributed by atoms with E-state index in [9.17, 15) is 27.1 Å². The normalized spacial score (nSPS) is 14.7. The highest BCUT2D eigenvalue weighted by Crippen LogP contribution is 2.45. The highest BCUT2D eigenvalue weighted by atomic mass is 19.4. The van der Waals surface area contributed by atoms with Crippen LogP contribution in [0.4, 0.5) is 22.0 Å². The Bertz CT molecular complexity index is 1060. The summed E-state index contributed by atoms with van der Waals surface area (Å²) in [6.45, 7) is 2.98. The van der Waals surface area contributed by atoms with Gasteiger partial charge in [-0.1, -0.05) is 13.8 Å². The average molecular weight is 427 g/mol. The first-order valence-corrected chi connectivity index (χ1v) is 9.25. The molecule has 0 bridgehead atoms. The van der Waals surface area contributed by atoms with E-state index in [0.717, 1.165) is 12.1 Å². The summed E-state index contributed by atoms with van der Waals surface area (Å²) < 4.78 is 74.4. The monoisotopic (exact) mass is 427 g/mol. The van der Waals surface area contributed by atoms with Crippen LogP contribution in [-0.4, -0.2) is 29.0 Å². The summed E-state index contributed by atoms with van der Waals surface area (Å²) in [5.74, 6) is -0.905. The Morgan fingerprint density at radius 1 is 0.967 bits per heavy atom. The topological polar surface area (TPSA) is 45.2 Å². The number of hydrogen-bond acceptors (Lipinski definition) is 2. The number of aromatic nitrogens is 1. The number of H-pyrrole nitrogens is 1. The summed E-state index contributed by atoms with van der Waals surface area (Å²) in [5.41, 5.74) is -3.62. The number of methoxy groups -OCH3 is 1. The van der Waals surface area contributed by atoms with Gasteiger partial charge < -0.3 is 14.8 Å². The number of aliphatic hydroxyl groups is 1. The molecule has 0 spiro atoms. The summed E-state index contributed by atoms with van der Waals surface area (Å²) in [7, 11) is 1.34. The van der Waals surface area contributed by atoms with Gasteiger partial charge in [0.25, 0.3) is 0 Å². The number of hydrogen-bond donors (Lipinski definition) is 2. The maximum atomic E-state index is 14.0. The minimum Gasteiger partial charge on any atom is -0.496 e. The van der Waals surface area contributed by atoms with E-state index in [1.807, 2.05) is 0 Å². The number of halogens is 5. The molecule has 0 saturated carbocycles. The minimum atomic E-state index is -4.96. The van der Waals surface area contributed by atoms with Crippen molar-refractivity contribution in [2.45, 2.75) is 43.9 Å². The van der Waals surface area contributed by atoms with Gasteiger partial charge in [-0.05, 0) is 54.3 Å². The molecule has 1 unspecified atom stereocenters. The SMILES string of the molecule is COc1ccc(F)cc1C(C)(C)CC(O)(Cc1cc2cc(F)ccc2[nH]1)C(F)(F)F. The maximum Gasteiger partial charge on any atom is 0.417 e. The molecule has 0 amide bonds.